The van der Waals surface area contributed by atoms with E-state index in [4.69, 9.17) is 4.74 Å². The van der Waals surface area contributed by atoms with Crippen LogP contribution in [0.3, 0.4) is 0 Å². The SMILES string of the molecule is COc1ccc(NC(=O)/C=C2\Sc3ccccc3NC2=O)cc1. The van der Waals surface area contributed by atoms with E-state index < -0.39 is 0 Å². The Morgan fingerprint density at radius 1 is 1.17 bits per heavy atom. The summed E-state index contributed by atoms with van der Waals surface area (Å²) in [5, 5.41) is 5.49. The zero-order valence-electron chi connectivity index (χ0n) is 12.3. The third-order valence-electron chi connectivity index (χ3n) is 3.20. The van der Waals surface area contributed by atoms with Gasteiger partial charge >= 0.3 is 0 Å². The van der Waals surface area contributed by atoms with Gasteiger partial charge in [-0.25, -0.2) is 0 Å². The summed E-state index contributed by atoms with van der Waals surface area (Å²) >= 11 is 1.28. The fraction of sp³-hybridized carbons (Fsp3) is 0.0588. The summed E-state index contributed by atoms with van der Waals surface area (Å²) in [6.07, 6.45) is 1.31. The molecule has 0 unspecified atom stereocenters. The summed E-state index contributed by atoms with van der Waals surface area (Å²) in [5.41, 5.74) is 1.39. The Kier molecular flexibility index (Phi) is 4.34. The van der Waals surface area contributed by atoms with Gasteiger partial charge in [0.25, 0.3) is 5.91 Å². The van der Waals surface area contributed by atoms with Crippen molar-refractivity contribution in [3.8, 4) is 5.75 Å². The molecular weight excluding hydrogens is 312 g/mol. The second-order valence-electron chi connectivity index (χ2n) is 4.78. The average molecular weight is 326 g/mol. The number of rotatable bonds is 3. The zero-order valence-corrected chi connectivity index (χ0v) is 13.1. The minimum Gasteiger partial charge on any atom is -0.497 e. The van der Waals surface area contributed by atoms with Gasteiger partial charge in [0.2, 0.25) is 5.91 Å². The lowest BCUT2D eigenvalue weighted by molar-refractivity contribution is -0.114. The Labute approximate surface area is 137 Å². The third-order valence-corrected chi connectivity index (χ3v) is 4.30. The first kappa shape index (κ1) is 15.2. The number of carbonyl (C=O) groups excluding carboxylic acids is 2. The number of fused-ring (bicyclic) bond motifs is 1. The number of benzene rings is 2. The first-order chi connectivity index (χ1) is 11.2. The van der Waals surface area contributed by atoms with Crippen molar-refractivity contribution >= 4 is 35.0 Å². The van der Waals surface area contributed by atoms with Crippen LogP contribution in [0.5, 0.6) is 5.75 Å². The Morgan fingerprint density at radius 2 is 1.91 bits per heavy atom. The summed E-state index contributed by atoms with van der Waals surface area (Å²) < 4.78 is 5.06. The summed E-state index contributed by atoms with van der Waals surface area (Å²) in [5.74, 6) is 0.0750. The quantitative estimate of drug-likeness (QED) is 0.850. The van der Waals surface area contributed by atoms with E-state index >= 15 is 0 Å². The molecule has 0 radical (unpaired) electrons. The van der Waals surface area contributed by atoms with Crippen molar-refractivity contribution in [3.63, 3.8) is 0 Å². The van der Waals surface area contributed by atoms with Crippen molar-refractivity contribution in [2.24, 2.45) is 0 Å². The van der Waals surface area contributed by atoms with Gasteiger partial charge in [-0.1, -0.05) is 23.9 Å². The number of ether oxygens (including phenoxy) is 1. The Hall–Kier alpha value is -2.73. The van der Waals surface area contributed by atoms with Gasteiger partial charge in [0.1, 0.15) is 5.75 Å². The average Bonchev–Trinajstić information content (AvgIpc) is 2.56. The largest absolute Gasteiger partial charge is 0.497 e. The van der Waals surface area contributed by atoms with Crippen LogP contribution in [0.1, 0.15) is 0 Å². The molecular formula is C17H14N2O3S. The van der Waals surface area contributed by atoms with E-state index in [1.165, 1.54) is 17.8 Å². The number of hydrogen-bond acceptors (Lipinski definition) is 4. The van der Waals surface area contributed by atoms with Crippen molar-refractivity contribution in [1.29, 1.82) is 0 Å². The van der Waals surface area contributed by atoms with E-state index in [1.807, 2.05) is 24.3 Å². The molecule has 0 spiro atoms. The third kappa shape index (κ3) is 3.54. The van der Waals surface area contributed by atoms with Crippen LogP contribution in [0, 0.1) is 0 Å². The summed E-state index contributed by atoms with van der Waals surface area (Å²) in [6, 6.07) is 14.4. The maximum atomic E-state index is 12.1. The van der Waals surface area contributed by atoms with Crippen LogP contribution in [-0.2, 0) is 9.59 Å². The Bertz CT molecular complexity index is 785. The molecule has 0 aromatic heterocycles. The van der Waals surface area contributed by atoms with Crippen molar-refractivity contribution in [1.82, 2.24) is 0 Å². The van der Waals surface area contributed by atoms with E-state index in [9.17, 15) is 9.59 Å². The maximum Gasteiger partial charge on any atom is 0.262 e. The molecule has 0 fully saturated rings. The van der Waals surface area contributed by atoms with Crippen LogP contribution in [0.25, 0.3) is 0 Å². The molecule has 1 aliphatic rings. The molecule has 0 saturated heterocycles. The van der Waals surface area contributed by atoms with Gasteiger partial charge < -0.3 is 15.4 Å². The molecule has 116 valence electrons. The Morgan fingerprint density at radius 3 is 2.65 bits per heavy atom. The van der Waals surface area contributed by atoms with Gasteiger partial charge in [0.05, 0.1) is 17.7 Å². The monoisotopic (exact) mass is 326 g/mol. The molecule has 2 aromatic rings. The van der Waals surface area contributed by atoms with Crippen LogP contribution in [0.15, 0.2) is 64.4 Å². The standard InChI is InChI=1S/C17H14N2O3S/c1-22-12-8-6-11(7-9-12)18-16(20)10-15-17(21)19-13-4-2-3-5-14(13)23-15/h2-10H,1H3,(H,18,20)(H,19,21)/b15-10-. The first-order valence-electron chi connectivity index (χ1n) is 6.90. The number of hydrogen-bond donors (Lipinski definition) is 2. The van der Waals surface area contributed by atoms with E-state index in [2.05, 4.69) is 10.6 Å². The van der Waals surface area contributed by atoms with Gasteiger partial charge in [-0.3, -0.25) is 9.59 Å². The van der Waals surface area contributed by atoms with E-state index in [1.54, 1.807) is 31.4 Å². The number of thioether (sulfide) groups is 1. The van der Waals surface area contributed by atoms with Gasteiger partial charge in [-0.05, 0) is 36.4 Å². The van der Waals surface area contributed by atoms with E-state index in [-0.39, 0.29) is 11.8 Å². The molecule has 1 heterocycles. The number of carbonyl (C=O) groups is 2. The van der Waals surface area contributed by atoms with Crippen LogP contribution in [0.4, 0.5) is 11.4 Å². The number of anilines is 2. The van der Waals surface area contributed by atoms with Gasteiger partial charge in [0, 0.05) is 16.7 Å². The second-order valence-corrected chi connectivity index (χ2v) is 5.86. The zero-order chi connectivity index (χ0) is 16.2. The highest BCUT2D eigenvalue weighted by Gasteiger charge is 2.21. The number of methoxy groups -OCH3 is 1. The summed E-state index contributed by atoms with van der Waals surface area (Å²) in [7, 11) is 1.58. The van der Waals surface area contributed by atoms with E-state index in [0.29, 0.717) is 16.3 Å². The lowest BCUT2D eigenvalue weighted by Gasteiger charge is -2.18. The molecule has 23 heavy (non-hydrogen) atoms. The normalized spacial score (nSPS) is 14.8. The Balaban J connectivity index is 1.73. The fourth-order valence-electron chi connectivity index (χ4n) is 2.07. The molecule has 2 aromatic carbocycles. The van der Waals surface area contributed by atoms with Crippen LogP contribution < -0.4 is 15.4 Å². The smallest absolute Gasteiger partial charge is 0.262 e. The van der Waals surface area contributed by atoms with Gasteiger partial charge in [-0.2, -0.15) is 0 Å². The molecule has 2 amide bonds. The molecule has 0 bridgehead atoms. The second kappa shape index (κ2) is 6.58. The maximum absolute atomic E-state index is 12.1. The van der Waals surface area contributed by atoms with Crippen LogP contribution in [0.2, 0.25) is 0 Å². The molecule has 0 aliphatic carbocycles. The van der Waals surface area contributed by atoms with Crippen LogP contribution >= 0.6 is 11.8 Å². The van der Waals surface area contributed by atoms with Crippen molar-refractivity contribution < 1.29 is 14.3 Å². The topological polar surface area (TPSA) is 67.4 Å². The summed E-state index contributed by atoms with van der Waals surface area (Å²) in [4.78, 5) is 25.4. The van der Waals surface area contributed by atoms with Crippen molar-refractivity contribution in [3.05, 3.63) is 59.5 Å². The van der Waals surface area contributed by atoms with Crippen molar-refractivity contribution in [2.75, 3.05) is 17.7 Å². The molecule has 3 rings (SSSR count). The van der Waals surface area contributed by atoms with Gasteiger partial charge in [0.15, 0.2) is 0 Å². The molecule has 6 heteroatoms. The minimum absolute atomic E-state index is 0.279. The highest BCUT2D eigenvalue weighted by atomic mass is 32.2. The molecule has 2 N–H and O–H groups in total. The summed E-state index contributed by atoms with van der Waals surface area (Å²) in [6.45, 7) is 0. The lowest BCUT2D eigenvalue weighted by Crippen LogP contribution is -2.19. The van der Waals surface area contributed by atoms with Crippen LogP contribution in [-0.4, -0.2) is 18.9 Å². The molecule has 1 aliphatic heterocycles. The van der Waals surface area contributed by atoms with E-state index in [0.717, 1.165) is 10.6 Å². The number of amides is 2. The lowest BCUT2D eigenvalue weighted by atomic mass is 10.3. The molecule has 5 nitrogen and oxygen atoms in total. The molecule has 0 saturated carbocycles. The predicted octanol–water partition coefficient (Wildman–Crippen LogP) is 3.26. The highest BCUT2D eigenvalue weighted by Crippen LogP contribution is 2.37. The van der Waals surface area contributed by atoms with Gasteiger partial charge in [-0.15, -0.1) is 0 Å². The predicted molar refractivity (Wildman–Crippen MR) is 90.6 cm³/mol. The fourth-order valence-corrected chi connectivity index (χ4v) is 3.00. The number of para-hydroxylation sites is 1. The van der Waals surface area contributed by atoms with Crippen molar-refractivity contribution in [2.45, 2.75) is 4.90 Å². The molecule has 0 atom stereocenters. The number of nitrogens with one attached hydrogen (secondary N) is 2. The first-order valence-corrected chi connectivity index (χ1v) is 7.72. The highest BCUT2D eigenvalue weighted by molar-refractivity contribution is 8.04. The minimum atomic E-state index is -0.354.